The third kappa shape index (κ3) is 6.09. The molecule has 26 heavy (non-hydrogen) atoms. The van der Waals surface area contributed by atoms with E-state index in [9.17, 15) is 14.0 Å². The van der Waals surface area contributed by atoms with Crippen LogP contribution in [0.25, 0.3) is 0 Å². The minimum atomic E-state index is -0.483. The zero-order valence-corrected chi connectivity index (χ0v) is 16.1. The normalized spacial score (nSPS) is 18.7. The molecule has 1 aliphatic rings. The van der Waals surface area contributed by atoms with Gasteiger partial charge in [-0.1, -0.05) is 26.0 Å². The number of hydrogen-bond donors (Lipinski definition) is 2. The molecule has 0 radical (unpaired) electrons. The van der Waals surface area contributed by atoms with Crippen LogP contribution in [0.2, 0.25) is 0 Å². The second-order valence-electron chi connectivity index (χ2n) is 8.14. The van der Waals surface area contributed by atoms with Crippen LogP contribution in [0.4, 0.5) is 4.39 Å². The predicted molar refractivity (Wildman–Crippen MR) is 100 cm³/mol. The number of carbonyl (C=O) groups is 2. The number of nitrogens with one attached hydrogen (secondary N) is 2. The highest BCUT2D eigenvalue weighted by Gasteiger charge is 2.33. The van der Waals surface area contributed by atoms with Crippen molar-refractivity contribution in [1.82, 2.24) is 15.5 Å². The van der Waals surface area contributed by atoms with Gasteiger partial charge in [0.25, 0.3) is 0 Å². The van der Waals surface area contributed by atoms with Gasteiger partial charge in [0.2, 0.25) is 11.8 Å². The van der Waals surface area contributed by atoms with Crippen LogP contribution in [0.15, 0.2) is 24.3 Å². The van der Waals surface area contributed by atoms with Gasteiger partial charge in [0.15, 0.2) is 0 Å². The summed E-state index contributed by atoms with van der Waals surface area (Å²) >= 11 is 0. The van der Waals surface area contributed by atoms with Gasteiger partial charge in [-0.15, -0.1) is 0 Å². The molecule has 1 atom stereocenters. The smallest absolute Gasteiger partial charge is 0.237 e. The Bertz CT molecular complexity index is 628. The number of carbonyl (C=O) groups excluding carboxylic acids is 2. The molecule has 0 aromatic heterocycles. The number of piperazine rings is 1. The van der Waals surface area contributed by atoms with E-state index in [1.165, 1.54) is 12.1 Å². The second kappa shape index (κ2) is 8.62. The molecule has 2 rings (SSSR count). The molecule has 2 N–H and O–H groups in total. The van der Waals surface area contributed by atoms with E-state index >= 15 is 0 Å². The van der Waals surface area contributed by atoms with Crippen LogP contribution in [-0.2, 0) is 16.0 Å². The lowest BCUT2D eigenvalue weighted by molar-refractivity contribution is -0.134. The van der Waals surface area contributed by atoms with Crippen molar-refractivity contribution in [2.75, 3.05) is 19.6 Å². The molecule has 144 valence electrons. The van der Waals surface area contributed by atoms with Crippen molar-refractivity contribution >= 4 is 11.8 Å². The Morgan fingerprint density at radius 1 is 1.35 bits per heavy atom. The monoisotopic (exact) mass is 363 g/mol. The Labute approximate surface area is 155 Å². The number of nitrogens with zero attached hydrogens (tertiary/aromatic N) is 1. The van der Waals surface area contributed by atoms with Gasteiger partial charge < -0.3 is 10.6 Å². The van der Waals surface area contributed by atoms with Crippen molar-refractivity contribution in [3.05, 3.63) is 35.6 Å². The topological polar surface area (TPSA) is 61.4 Å². The lowest BCUT2D eigenvalue weighted by Crippen LogP contribution is -2.58. The van der Waals surface area contributed by atoms with Crippen molar-refractivity contribution in [3.63, 3.8) is 0 Å². The molecule has 1 unspecified atom stereocenters. The number of hydrogen-bond acceptors (Lipinski definition) is 3. The SMILES string of the molecule is CC(C)CN1CCNC(=O)C1CC(=O)NC(C)(C)Cc1ccc(F)cc1. The largest absolute Gasteiger partial charge is 0.353 e. The second-order valence-corrected chi connectivity index (χ2v) is 8.14. The van der Waals surface area contributed by atoms with Crippen molar-refractivity contribution in [3.8, 4) is 0 Å². The van der Waals surface area contributed by atoms with Crippen molar-refractivity contribution < 1.29 is 14.0 Å². The van der Waals surface area contributed by atoms with Gasteiger partial charge in [-0.25, -0.2) is 4.39 Å². The van der Waals surface area contributed by atoms with E-state index in [1.807, 2.05) is 13.8 Å². The first-order valence-electron chi connectivity index (χ1n) is 9.23. The van der Waals surface area contributed by atoms with E-state index < -0.39 is 11.6 Å². The molecular weight excluding hydrogens is 333 g/mol. The third-order valence-corrected chi connectivity index (χ3v) is 4.46. The minimum Gasteiger partial charge on any atom is -0.353 e. The maximum atomic E-state index is 13.0. The Morgan fingerprint density at radius 3 is 2.62 bits per heavy atom. The number of benzene rings is 1. The van der Waals surface area contributed by atoms with Gasteiger partial charge in [0, 0.05) is 25.2 Å². The molecule has 1 aromatic rings. The summed E-state index contributed by atoms with van der Waals surface area (Å²) in [6.45, 7) is 10.3. The minimum absolute atomic E-state index is 0.0802. The van der Waals surface area contributed by atoms with Gasteiger partial charge in [-0.3, -0.25) is 14.5 Å². The van der Waals surface area contributed by atoms with Crippen molar-refractivity contribution in [2.45, 2.75) is 52.1 Å². The summed E-state index contributed by atoms with van der Waals surface area (Å²) < 4.78 is 13.0. The Kier molecular flexibility index (Phi) is 6.75. The highest BCUT2D eigenvalue weighted by Crippen LogP contribution is 2.16. The Morgan fingerprint density at radius 2 is 2.00 bits per heavy atom. The average molecular weight is 363 g/mol. The highest BCUT2D eigenvalue weighted by atomic mass is 19.1. The van der Waals surface area contributed by atoms with Crippen LogP contribution in [0.5, 0.6) is 0 Å². The Balaban J connectivity index is 1.96. The van der Waals surface area contributed by atoms with Gasteiger partial charge in [0.1, 0.15) is 5.82 Å². The predicted octanol–water partition coefficient (Wildman–Crippen LogP) is 2.11. The number of halogens is 1. The molecule has 1 aromatic carbocycles. The fourth-order valence-corrected chi connectivity index (χ4v) is 3.43. The lowest BCUT2D eigenvalue weighted by atomic mass is 9.94. The summed E-state index contributed by atoms with van der Waals surface area (Å²) in [5.41, 5.74) is 0.469. The number of amides is 2. The standard InChI is InChI=1S/C20H30FN3O2/c1-14(2)13-24-10-9-22-19(26)17(24)11-18(25)23-20(3,4)12-15-5-7-16(21)8-6-15/h5-8,14,17H,9-13H2,1-4H3,(H,22,26)(H,23,25). The van der Waals surface area contributed by atoms with E-state index in [2.05, 4.69) is 29.4 Å². The Hall–Kier alpha value is -1.95. The summed E-state index contributed by atoms with van der Waals surface area (Å²) in [6.07, 6.45) is 0.733. The van der Waals surface area contributed by atoms with Crippen molar-refractivity contribution in [1.29, 1.82) is 0 Å². The van der Waals surface area contributed by atoms with E-state index in [4.69, 9.17) is 0 Å². The first-order chi connectivity index (χ1) is 12.2. The average Bonchev–Trinajstić information content (AvgIpc) is 2.52. The van der Waals surface area contributed by atoms with Crippen LogP contribution in [-0.4, -0.2) is 47.9 Å². The summed E-state index contributed by atoms with van der Waals surface area (Å²) in [5.74, 6) is -0.0677. The summed E-state index contributed by atoms with van der Waals surface area (Å²) in [4.78, 5) is 26.9. The summed E-state index contributed by atoms with van der Waals surface area (Å²) in [7, 11) is 0. The zero-order valence-electron chi connectivity index (χ0n) is 16.1. The molecule has 0 saturated carbocycles. The van der Waals surface area contributed by atoms with E-state index in [0.717, 1.165) is 18.7 Å². The fourth-order valence-electron chi connectivity index (χ4n) is 3.43. The summed E-state index contributed by atoms with van der Waals surface area (Å²) in [6, 6.07) is 5.87. The van der Waals surface area contributed by atoms with Crippen LogP contribution in [0.1, 0.15) is 39.7 Å². The first kappa shape index (κ1) is 20.4. The third-order valence-electron chi connectivity index (χ3n) is 4.46. The molecule has 1 heterocycles. The molecule has 1 saturated heterocycles. The quantitative estimate of drug-likeness (QED) is 0.780. The lowest BCUT2D eigenvalue weighted by Gasteiger charge is -2.36. The molecule has 0 aliphatic carbocycles. The van der Waals surface area contributed by atoms with E-state index in [0.29, 0.717) is 18.9 Å². The maximum Gasteiger partial charge on any atom is 0.237 e. The van der Waals surface area contributed by atoms with Crippen LogP contribution in [0.3, 0.4) is 0 Å². The van der Waals surface area contributed by atoms with Gasteiger partial charge in [-0.05, 0) is 43.9 Å². The molecule has 2 amide bonds. The van der Waals surface area contributed by atoms with Crippen LogP contribution >= 0.6 is 0 Å². The van der Waals surface area contributed by atoms with E-state index in [1.54, 1.807) is 12.1 Å². The fraction of sp³-hybridized carbons (Fsp3) is 0.600. The van der Waals surface area contributed by atoms with Gasteiger partial charge >= 0.3 is 0 Å². The van der Waals surface area contributed by atoms with Gasteiger partial charge in [0.05, 0.1) is 12.5 Å². The molecule has 5 nitrogen and oxygen atoms in total. The first-order valence-corrected chi connectivity index (χ1v) is 9.23. The van der Waals surface area contributed by atoms with Crippen LogP contribution in [0, 0.1) is 11.7 Å². The van der Waals surface area contributed by atoms with Gasteiger partial charge in [-0.2, -0.15) is 0 Å². The van der Waals surface area contributed by atoms with Crippen LogP contribution < -0.4 is 10.6 Å². The molecule has 0 spiro atoms. The number of rotatable bonds is 7. The molecule has 0 bridgehead atoms. The molecule has 6 heteroatoms. The summed E-state index contributed by atoms with van der Waals surface area (Å²) in [5, 5.41) is 5.87. The van der Waals surface area contributed by atoms with Crippen molar-refractivity contribution in [2.24, 2.45) is 5.92 Å². The highest BCUT2D eigenvalue weighted by molar-refractivity contribution is 5.89. The maximum absolute atomic E-state index is 13.0. The molecule has 1 aliphatic heterocycles. The molecular formula is C20H30FN3O2. The molecule has 1 fully saturated rings. The van der Waals surface area contributed by atoms with E-state index in [-0.39, 0.29) is 24.1 Å². The zero-order chi connectivity index (χ0) is 19.3.